The van der Waals surface area contributed by atoms with Gasteiger partial charge in [-0.1, -0.05) is 139 Å². The van der Waals surface area contributed by atoms with E-state index < -0.39 is 34.4 Å². The Kier molecular flexibility index (Phi) is 13.4. The maximum absolute atomic E-state index is 14.4. The fraction of sp³-hybridized carbons (Fsp3) is 0.118. The summed E-state index contributed by atoms with van der Waals surface area (Å²) in [6, 6.07) is 52.4. The van der Waals surface area contributed by atoms with Crippen molar-refractivity contribution in [2.45, 2.75) is 31.6 Å². The summed E-state index contributed by atoms with van der Waals surface area (Å²) < 4.78 is 40.2. The van der Waals surface area contributed by atoms with Crippen LogP contribution in [0, 0.1) is 6.92 Å². The number of carbonyl (C=O) groups excluding carboxylic acids is 2. The minimum absolute atomic E-state index is 0.0501. The standard InChI is InChI=1S/C51H44N2O8S/c1-36-13-28-46(29-14-36)62(58,59)52(2)33-49(54)53(32-37-15-17-40(18-16-37)41-19-21-42(22-20-41)43-23-25-44(26-24-43)50(55)56)45-27-30-47(51(57)61-35-39-11-7-4-8-12-39)48(31-45)60-34-38-9-5-3-6-10-38/h3-31H,32-35H2,1-2H3,(H,55,56). The second kappa shape index (κ2) is 19.4. The highest BCUT2D eigenvalue weighted by Gasteiger charge is 2.27. The highest BCUT2D eigenvalue weighted by Crippen LogP contribution is 2.31. The summed E-state index contributed by atoms with van der Waals surface area (Å²) in [5.74, 6) is -1.90. The number of carboxylic acid groups (broad SMARTS) is 1. The minimum atomic E-state index is -4.02. The Morgan fingerprint density at radius 1 is 0.597 bits per heavy atom. The number of carbonyl (C=O) groups is 3. The third-order valence-electron chi connectivity index (χ3n) is 10.3. The van der Waals surface area contributed by atoms with Crippen LogP contribution in [0.5, 0.6) is 5.75 Å². The molecular formula is C51H44N2O8S. The van der Waals surface area contributed by atoms with Gasteiger partial charge in [0.25, 0.3) is 0 Å². The number of anilines is 1. The lowest BCUT2D eigenvalue weighted by atomic mass is 9.99. The second-order valence-corrected chi connectivity index (χ2v) is 16.8. The lowest BCUT2D eigenvalue weighted by Gasteiger charge is -2.27. The highest BCUT2D eigenvalue weighted by atomic mass is 32.2. The van der Waals surface area contributed by atoms with Gasteiger partial charge in [0.2, 0.25) is 15.9 Å². The van der Waals surface area contributed by atoms with Crippen LogP contribution in [0.15, 0.2) is 181 Å². The van der Waals surface area contributed by atoms with Crippen LogP contribution in [0.3, 0.4) is 0 Å². The van der Waals surface area contributed by atoms with E-state index in [-0.39, 0.29) is 41.5 Å². The van der Waals surface area contributed by atoms with Gasteiger partial charge in [-0.3, -0.25) is 4.79 Å². The van der Waals surface area contributed by atoms with Crippen molar-refractivity contribution >= 4 is 33.6 Å². The molecule has 0 bridgehead atoms. The molecular weight excluding hydrogens is 801 g/mol. The average Bonchev–Trinajstić information content (AvgIpc) is 3.30. The Bertz CT molecular complexity index is 2760. The largest absolute Gasteiger partial charge is 0.488 e. The zero-order chi connectivity index (χ0) is 43.6. The molecule has 1 amide bonds. The van der Waals surface area contributed by atoms with Crippen LogP contribution in [-0.4, -0.2) is 49.3 Å². The normalized spacial score (nSPS) is 11.2. The van der Waals surface area contributed by atoms with E-state index in [2.05, 4.69) is 0 Å². The Hall–Kier alpha value is -7.34. The van der Waals surface area contributed by atoms with Gasteiger partial charge in [-0.05, 0) is 82.3 Å². The molecule has 62 heavy (non-hydrogen) atoms. The molecule has 0 aliphatic heterocycles. The summed E-state index contributed by atoms with van der Waals surface area (Å²) >= 11 is 0. The van der Waals surface area contributed by atoms with Crippen molar-refractivity contribution in [1.29, 1.82) is 0 Å². The van der Waals surface area contributed by atoms with Gasteiger partial charge in [0.05, 0.1) is 23.5 Å². The number of amides is 1. The first-order valence-electron chi connectivity index (χ1n) is 19.8. The Morgan fingerprint density at radius 3 is 1.66 bits per heavy atom. The number of hydrogen-bond acceptors (Lipinski definition) is 7. The molecule has 0 saturated heterocycles. The number of likely N-dealkylation sites (N-methyl/N-ethyl adjacent to an activating group) is 1. The molecule has 0 fully saturated rings. The van der Waals surface area contributed by atoms with Crippen molar-refractivity contribution in [3.63, 3.8) is 0 Å². The van der Waals surface area contributed by atoms with Crippen LogP contribution in [0.25, 0.3) is 22.3 Å². The van der Waals surface area contributed by atoms with Crippen molar-refractivity contribution in [2.24, 2.45) is 0 Å². The minimum Gasteiger partial charge on any atom is -0.488 e. The number of rotatable bonds is 16. The van der Waals surface area contributed by atoms with Gasteiger partial charge in [-0.25, -0.2) is 18.0 Å². The molecule has 1 N–H and O–H groups in total. The van der Waals surface area contributed by atoms with Crippen LogP contribution in [0.1, 0.15) is 43.0 Å². The average molecular weight is 845 g/mol. The molecule has 7 aromatic rings. The number of esters is 1. The van der Waals surface area contributed by atoms with Crippen LogP contribution < -0.4 is 9.64 Å². The Balaban J connectivity index is 1.18. The molecule has 0 unspecified atom stereocenters. The van der Waals surface area contributed by atoms with Gasteiger partial charge >= 0.3 is 11.9 Å². The van der Waals surface area contributed by atoms with Crippen molar-refractivity contribution in [3.8, 4) is 28.0 Å². The molecule has 7 rings (SSSR count). The third-order valence-corrected chi connectivity index (χ3v) is 12.1. The van der Waals surface area contributed by atoms with Crippen LogP contribution in [-0.2, 0) is 39.3 Å². The van der Waals surface area contributed by atoms with E-state index in [1.807, 2.05) is 116 Å². The topological polar surface area (TPSA) is 131 Å². The fourth-order valence-electron chi connectivity index (χ4n) is 6.72. The number of sulfonamides is 1. The number of nitrogens with zero attached hydrogens (tertiary/aromatic N) is 2. The first-order chi connectivity index (χ1) is 29.9. The number of hydrogen-bond donors (Lipinski definition) is 1. The maximum atomic E-state index is 14.4. The third kappa shape index (κ3) is 10.5. The zero-order valence-corrected chi connectivity index (χ0v) is 35.0. The van der Waals surface area contributed by atoms with Crippen molar-refractivity contribution in [3.05, 3.63) is 209 Å². The lowest BCUT2D eigenvalue weighted by Crippen LogP contribution is -2.41. The van der Waals surface area contributed by atoms with E-state index >= 15 is 0 Å². The molecule has 11 heteroatoms. The van der Waals surface area contributed by atoms with E-state index in [1.165, 1.54) is 24.1 Å². The predicted octanol–water partition coefficient (Wildman–Crippen LogP) is 9.82. The van der Waals surface area contributed by atoms with Gasteiger partial charge in [-0.15, -0.1) is 0 Å². The summed E-state index contributed by atoms with van der Waals surface area (Å²) in [5, 5.41) is 9.25. The van der Waals surface area contributed by atoms with Gasteiger partial charge in [-0.2, -0.15) is 4.31 Å². The molecule has 0 spiro atoms. The Morgan fingerprint density at radius 2 is 1.11 bits per heavy atom. The van der Waals surface area contributed by atoms with Gasteiger partial charge in [0, 0.05) is 18.8 Å². The number of carboxylic acids is 1. The molecule has 7 aromatic carbocycles. The molecule has 0 radical (unpaired) electrons. The summed E-state index contributed by atoms with van der Waals surface area (Å²) in [5.41, 5.74) is 7.83. The predicted molar refractivity (Wildman–Crippen MR) is 239 cm³/mol. The first kappa shape index (κ1) is 42.8. The highest BCUT2D eigenvalue weighted by molar-refractivity contribution is 7.89. The van der Waals surface area contributed by atoms with E-state index in [0.717, 1.165) is 48.8 Å². The number of ether oxygens (including phenoxy) is 2. The molecule has 0 atom stereocenters. The first-order valence-corrected chi connectivity index (χ1v) is 21.3. The smallest absolute Gasteiger partial charge is 0.342 e. The van der Waals surface area contributed by atoms with E-state index in [0.29, 0.717) is 5.69 Å². The van der Waals surface area contributed by atoms with Gasteiger partial charge in [0.15, 0.2) is 0 Å². The number of benzene rings is 7. The van der Waals surface area contributed by atoms with E-state index in [9.17, 15) is 27.9 Å². The molecule has 0 heterocycles. The van der Waals surface area contributed by atoms with Gasteiger partial charge < -0.3 is 19.5 Å². The van der Waals surface area contributed by atoms with Gasteiger partial charge in [0.1, 0.15) is 24.5 Å². The van der Waals surface area contributed by atoms with Crippen molar-refractivity contribution in [1.82, 2.24) is 4.31 Å². The quantitative estimate of drug-likeness (QED) is 0.0952. The molecule has 0 aliphatic rings. The molecule has 10 nitrogen and oxygen atoms in total. The molecule has 0 saturated carbocycles. The summed E-state index contributed by atoms with van der Waals surface area (Å²) in [6.45, 7) is 1.64. The van der Waals surface area contributed by atoms with Crippen molar-refractivity contribution in [2.75, 3.05) is 18.5 Å². The van der Waals surface area contributed by atoms with E-state index in [4.69, 9.17) is 9.47 Å². The summed E-state index contributed by atoms with van der Waals surface area (Å²) in [6.07, 6.45) is 0. The SMILES string of the molecule is Cc1ccc(S(=O)(=O)N(C)CC(=O)N(Cc2ccc(-c3ccc(-c4ccc(C(=O)O)cc4)cc3)cc2)c2ccc(C(=O)OCc3ccccc3)c(OCc3ccccc3)c2)cc1. The monoisotopic (exact) mass is 844 g/mol. The van der Waals surface area contributed by atoms with E-state index in [1.54, 1.807) is 54.6 Å². The fourth-order valence-corrected chi connectivity index (χ4v) is 7.84. The van der Waals surface area contributed by atoms with Crippen LogP contribution in [0.4, 0.5) is 5.69 Å². The summed E-state index contributed by atoms with van der Waals surface area (Å²) in [4.78, 5) is 40.8. The molecule has 0 aliphatic carbocycles. The molecule has 0 aromatic heterocycles. The maximum Gasteiger partial charge on any atom is 0.342 e. The zero-order valence-electron chi connectivity index (χ0n) is 34.2. The van der Waals surface area contributed by atoms with Crippen LogP contribution >= 0.6 is 0 Å². The Labute approximate surface area is 361 Å². The molecule has 312 valence electrons. The number of aromatic carboxylic acids is 1. The second-order valence-electron chi connectivity index (χ2n) is 14.7. The van der Waals surface area contributed by atoms with Crippen molar-refractivity contribution < 1.29 is 37.4 Å². The van der Waals surface area contributed by atoms with Crippen LogP contribution in [0.2, 0.25) is 0 Å². The number of aryl methyl sites for hydroxylation is 1. The lowest BCUT2D eigenvalue weighted by molar-refractivity contribution is -0.118. The summed E-state index contributed by atoms with van der Waals surface area (Å²) in [7, 11) is -2.65.